The molecule has 0 saturated heterocycles. The highest BCUT2D eigenvalue weighted by molar-refractivity contribution is 9.09. The van der Waals surface area contributed by atoms with Gasteiger partial charge >= 0.3 is 0 Å². The third-order valence-corrected chi connectivity index (χ3v) is 4.38. The molecule has 1 heterocycles. The number of fused-ring (bicyclic) bond motifs is 1. The number of alkyl halides is 1. The lowest BCUT2D eigenvalue weighted by molar-refractivity contribution is 0.196. The van der Waals surface area contributed by atoms with E-state index in [9.17, 15) is 0 Å². The molecule has 17 heavy (non-hydrogen) atoms. The molecule has 1 nitrogen and oxygen atoms in total. The quantitative estimate of drug-likeness (QED) is 0.727. The summed E-state index contributed by atoms with van der Waals surface area (Å²) in [5, 5.41) is 1.09. The number of benzene rings is 1. The van der Waals surface area contributed by atoms with Gasteiger partial charge in [0.25, 0.3) is 0 Å². The van der Waals surface area contributed by atoms with Crippen LogP contribution in [0.1, 0.15) is 37.3 Å². The molecule has 0 spiro atoms. The zero-order chi connectivity index (χ0) is 12.3. The van der Waals surface area contributed by atoms with Crippen molar-refractivity contribution in [1.29, 1.82) is 0 Å². The fourth-order valence-electron chi connectivity index (χ4n) is 2.62. The van der Waals surface area contributed by atoms with Gasteiger partial charge in [0.1, 0.15) is 11.9 Å². The number of hydrogen-bond acceptors (Lipinski definition) is 1. The van der Waals surface area contributed by atoms with Gasteiger partial charge in [-0.2, -0.15) is 0 Å². The second-order valence-corrected chi connectivity index (χ2v) is 5.75. The number of aryl methyl sites for hydroxylation is 1. The summed E-state index contributed by atoms with van der Waals surface area (Å²) in [6, 6.07) is 6.52. The van der Waals surface area contributed by atoms with E-state index in [1.807, 2.05) is 0 Å². The van der Waals surface area contributed by atoms with E-state index in [-0.39, 0.29) is 0 Å². The average molecular weight is 297 g/mol. The summed E-state index contributed by atoms with van der Waals surface area (Å²) in [7, 11) is 0. The number of hydrogen-bond donors (Lipinski definition) is 0. The molecule has 1 aliphatic rings. The molecule has 0 bridgehead atoms. The van der Waals surface area contributed by atoms with Gasteiger partial charge in [-0.1, -0.05) is 47.0 Å². The Morgan fingerprint density at radius 1 is 1.47 bits per heavy atom. The molecule has 0 radical (unpaired) electrons. The van der Waals surface area contributed by atoms with Crippen LogP contribution < -0.4 is 4.74 Å². The maximum atomic E-state index is 6.02. The Morgan fingerprint density at radius 2 is 2.29 bits per heavy atom. The number of halogens is 1. The summed E-state index contributed by atoms with van der Waals surface area (Å²) in [6.07, 6.45) is 5.20. The average Bonchev–Trinajstić information content (AvgIpc) is 2.69. The zero-order valence-corrected chi connectivity index (χ0v) is 12.3. The standard InChI is InChI=1S/C15H21BrO/c1-3-4-12(10-16)8-14-9-13-7-11(2)5-6-15(13)17-14/h5-7,12,14H,3-4,8-10H2,1-2H3. The van der Waals surface area contributed by atoms with Crippen molar-refractivity contribution in [3.63, 3.8) is 0 Å². The minimum atomic E-state index is 0.390. The monoisotopic (exact) mass is 296 g/mol. The minimum absolute atomic E-state index is 0.390. The van der Waals surface area contributed by atoms with Crippen LogP contribution in [0, 0.1) is 12.8 Å². The Morgan fingerprint density at radius 3 is 3.00 bits per heavy atom. The maximum absolute atomic E-state index is 6.02. The Labute approximate surface area is 113 Å². The van der Waals surface area contributed by atoms with Crippen LogP contribution in [0.2, 0.25) is 0 Å². The maximum Gasteiger partial charge on any atom is 0.123 e. The van der Waals surface area contributed by atoms with E-state index < -0.39 is 0 Å². The van der Waals surface area contributed by atoms with Crippen molar-refractivity contribution < 1.29 is 4.74 Å². The van der Waals surface area contributed by atoms with Gasteiger partial charge < -0.3 is 4.74 Å². The van der Waals surface area contributed by atoms with Crippen LogP contribution in [0.25, 0.3) is 0 Å². The van der Waals surface area contributed by atoms with E-state index in [0.717, 1.165) is 23.4 Å². The summed E-state index contributed by atoms with van der Waals surface area (Å²) < 4.78 is 6.02. The lowest BCUT2D eigenvalue weighted by Gasteiger charge is -2.17. The van der Waals surface area contributed by atoms with E-state index in [2.05, 4.69) is 48.0 Å². The van der Waals surface area contributed by atoms with Gasteiger partial charge in [0.05, 0.1) is 0 Å². The lowest BCUT2D eigenvalue weighted by Crippen LogP contribution is -2.19. The van der Waals surface area contributed by atoms with Gasteiger partial charge in [-0.25, -0.2) is 0 Å². The first-order chi connectivity index (χ1) is 8.22. The molecule has 0 amide bonds. The molecule has 2 unspecified atom stereocenters. The van der Waals surface area contributed by atoms with Gasteiger partial charge in [-0.15, -0.1) is 0 Å². The van der Waals surface area contributed by atoms with Gasteiger partial charge in [-0.05, 0) is 37.3 Å². The van der Waals surface area contributed by atoms with Crippen LogP contribution in [0.3, 0.4) is 0 Å². The highest BCUT2D eigenvalue weighted by Gasteiger charge is 2.25. The van der Waals surface area contributed by atoms with Crippen LogP contribution >= 0.6 is 15.9 Å². The number of ether oxygens (including phenoxy) is 1. The van der Waals surface area contributed by atoms with E-state index in [4.69, 9.17) is 4.74 Å². The van der Waals surface area contributed by atoms with E-state index in [0.29, 0.717) is 6.10 Å². The van der Waals surface area contributed by atoms with Crippen LogP contribution in [-0.4, -0.2) is 11.4 Å². The smallest absolute Gasteiger partial charge is 0.123 e. The van der Waals surface area contributed by atoms with E-state index in [1.54, 1.807) is 0 Å². The molecule has 0 N–H and O–H groups in total. The van der Waals surface area contributed by atoms with Crippen molar-refractivity contribution >= 4 is 15.9 Å². The van der Waals surface area contributed by atoms with Crippen molar-refractivity contribution in [3.05, 3.63) is 29.3 Å². The molecular weight excluding hydrogens is 276 g/mol. The highest BCUT2D eigenvalue weighted by atomic mass is 79.9. The van der Waals surface area contributed by atoms with Crippen LogP contribution in [0.15, 0.2) is 18.2 Å². The first kappa shape index (κ1) is 12.9. The van der Waals surface area contributed by atoms with Gasteiger partial charge in [0.2, 0.25) is 0 Å². The molecule has 0 aliphatic carbocycles. The van der Waals surface area contributed by atoms with Crippen molar-refractivity contribution in [1.82, 2.24) is 0 Å². The molecule has 1 aromatic carbocycles. The minimum Gasteiger partial charge on any atom is -0.490 e. The summed E-state index contributed by atoms with van der Waals surface area (Å²) in [5.74, 6) is 1.85. The van der Waals surface area contributed by atoms with Crippen LogP contribution in [-0.2, 0) is 6.42 Å². The molecule has 0 saturated carbocycles. The largest absolute Gasteiger partial charge is 0.490 e. The van der Waals surface area contributed by atoms with Crippen molar-refractivity contribution in [2.45, 2.75) is 45.6 Å². The molecule has 1 aliphatic heterocycles. The van der Waals surface area contributed by atoms with Gasteiger partial charge in [0.15, 0.2) is 0 Å². The summed E-state index contributed by atoms with van der Waals surface area (Å²) >= 11 is 3.62. The summed E-state index contributed by atoms with van der Waals surface area (Å²) in [5.41, 5.74) is 2.72. The normalized spacial score (nSPS) is 19.8. The predicted octanol–water partition coefficient (Wildman–Crippen LogP) is 4.50. The highest BCUT2D eigenvalue weighted by Crippen LogP contribution is 2.32. The van der Waals surface area contributed by atoms with Gasteiger partial charge in [0, 0.05) is 11.8 Å². The Bertz CT molecular complexity index is 375. The van der Waals surface area contributed by atoms with E-state index >= 15 is 0 Å². The van der Waals surface area contributed by atoms with Crippen LogP contribution in [0.4, 0.5) is 0 Å². The zero-order valence-electron chi connectivity index (χ0n) is 10.7. The topological polar surface area (TPSA) is 9.23 Å². The Balaban J connectivity index is 1.95. The molecule has 2 heteroatoms. The first-order valence-corrected chi connectivity index (χ1v) is 7.67. The fourth-order valence-corrected chi connectivity index (χ4v) is 3.21. The van der Waals surface area contributed by atoms with E-state index in [1.165, 1.54) is 30.4 Å². The third-order valence-electron chi connectivity index (χ3n) is 3.47. The van der Waals surface area contributed by atoms with Gasteiger partial charge in [-0.3, -0.25) is 0 Å². The third kappa shape index (κ3) is 3.25. The molecule has 94 valence electrons. The SMILES string of the molecule is CCCC(CBr)CC1Cc2cc(C)ccc2O1. The Kier molecular flexibility index (Phi) is 4.49. The summed E-state index contributed by atoms with van der Waals surface area (Å²) in [6.45, 7) is 4.40. The van der Waals surface area contributed by atoms with Crippen molar-refractivity contribution in [3.8, 4) is 5.75 Å². The second-order valence-electron chi connectivity index (χ2n) is 5.10. The van der Waals surface area contributed by atoms with Crippen LogP contribution in [0.5, 0.6) is 5.75 Å². The molecule has 0 fully saturated rings. The Hall–Kier alpha value is -0.500. The second kappa shape index (κ2) is 5.90. The fraction of sp³-hybridized carbons (Fsp3) is 0.600. The predicted molar refractivity (Wildman–Crippen MR) is 76.1 cm³/mol. The van der Waals surface area contributed by atoms with Crippen molar-refractivity contribution in [2.24, 2.45) is 5.92 Å². The molecule has 1 aromatic rings. The summed E-state index contributed by atoms with van der Waals surface area (Å²) in [4.78, 5) is 0. The lowest BCUT2D eigenvalue weighted by atomic mass is 9.96. The number of rotatable bonds is 5. The van der Waals surface area contributed by atoms with Crippen molar-refractivity contribution in [2.75, 3.05) is 5.33 Å². The molecule has 2 atom stereocenters. The molecule has 2 rings (SSSR count). The molecule has 0 aromatic heterocycles. The molecular formula is C15H21BrO. The first-order valence-electron chi connectivity index (χ1n) is 6.55.